The topological polar surface area (TPSA) is 81.2 Å². The first kappa shape index (κ1) is 24.2. The molecule has 1 amide bonds. The van der Waals surface area contributed by atoms with Crippen molar-refractivity contribution >= 4 is 40.2 Å². The number of esters is 1. The zero-order chi connectivity index (χ0) is 25.8. The van der Waals surface area contributed by atoms with Crippen molar-refractivity contribution in [1.29, 1.82) is 0 Å². The number of aromatic nitrogens is 2. The van der Waals surface area contributed by atoms with Crippen molar-refractivity contribution in [2.75, 3.05) is 5.32 Å². The number of nitrogens with one attached hydrogen (secondary N) is 1. The van der Waals surface area contributed by atoms with Crippen molar-refractivity contribution in [3.63, 3.8) is 0 Å². The average molecular weight is 508 g/mol. The van der Waals surface area contributed by atoms with Crippen LogP contribution >= 0.6 is 11.6 Å². The lowest BCUT2D eigenvalue weighted by Crippen LogP contribution is -2.30. The number of halogens is 1. The third-order valence-electron chi connectivity index (χ3n) is 5.74. The smallest absolute Gasteiger partial charge is 0.338 e. The molecule has 1 atom stereocenters. The fourth-order valence-corrected chi connectivity index (χ4v) is 4.06. The quantitative estimate of drug-likeness (QED) is 0.255. The van der Waals surface area contributed by atoms with E-state index in [0.29, 0.717) is 27.4 Å². The Morgan fingerprint density at radius 3 is 2.00 bits per heavy atom. The molecule has 4 aromatic carbocycles. The van der Waals surface area contributed by atoms with E-state index in [0.717, 1.165) is 16.8 Å². The van der Waals surface area contributed by atoms with E-state index in [4.69, 9.17) is 26.3 Å². The number of benzene rings is 4. The minimum atomic E-state index is -1.02. The van der Waals surface area contributed by atoms with E-state index in [1.165, 1.54) is 6.92 Å². The maximum atomic E-state index is 12.9. The van der Waals surface area contributed by atoms with Gasteiger partial charge in [0.15, 0.2) is 6.10 Å². The highest BCUT2D eigenvalue weighted by Crippen LogP contribution is 2.31. The van der Waals surface area contributed by atoms with Crippen LogP contribution in [-0.2, 0) is 9.53 Å². The Hall–Kier alpha value is -4.55. The predicted molar refractivity (Wildman–Crippen MR) is 145 cm³/mol. The number of hydrogen-bond acceptors (Lipinski definition) is 5. The molecule has 182 valence electrons. The summed E-state index contributed by atoms with van der Waals surface area (Å²) in [4.78, 5) is 35.2. The minimum Gasteiger partial charge on any atom is -0.449 e. The normalized spacial score (nSPS) is 11.6. The first-order valence-corrected chi connectivity index (χ1v) is 12.1. The fraction of sp³-hybridized carbons (Fsp3) is 0.0667. The van der Waals surface area contributed by atoms with E-state index in [1.807, 2.05) is 60.7 Å². The summed E-state index contributed by atoms with van der Waals surface area (Å²) >= 11 is 5.97. The van der Waals surface area contributed by atoms with Crippen LogP contribution in [0.25, 0.3) is 33.5 Å². The van der Waals surface area contributed by atoms with Crippen LogP contribution in [0.2, 0.25) is 5.02 Å². The number of fused-ring (bicyclic) bond motifs is 1. The van der Waals surface area contributed by atoms with Crippen LogP contribution in [0, 0.1) is 0 Å². The van der Waals surface area contributed by atoms with Crippen LogP contribution < -0.4 is 5.32 Å². The summed E-state index contributed by atoms with van der Waals surface area (Å²) in [6.45, 7) is 1.51. The Kier molecular flexibility index (Phi) is 6.92. The van der Waals surface area contributed by atoms with Gasteiger partial charge in [-0.05, 0) is 43.3 Å². The molecule has 0 fully saturated rings. The van der Waals surface area contributed by atoms with Gasteiger partial charge in [-0.2, -0.15) is 0 Å². The van der Waals surface area contributed by atoms with Crippen molar-refractivity contribution in [1.82, 2.24) is 9.97 Å². The summed E-state index contributed by atoms with van der Waals surface area (Å²) in [6, 6.07) is 31.4. The van der Waals surface area contributed by atoms with E-state index >= 15 is 0 Å². The molecule has 0 aliphatic rings. The molecule has 0 saturated carbocycles. The molecule has 0 bridgehead atoms. The van der Waals surface area contributed by atoms with Gasteiger partial charge in [-0.15, -0.1) is 0 Å². The SMILES string of the molecule is CC(OC(=O)c1ccc2nc(-c3ccccc3)c(-c3ccccc3)nc2c1)C(=O)Nc1cccc(Cl)c1. The second-order valence-electron chi connectivity index (χ2n) is 8.40. The molecule has 5 rings (SSSR count). The minimum absolute atomic E-state index is 0.274. The number of carbonyl (C=O) groups is 2. The number of anilines is 1. The van der Waals surface area contributed by atoms with Gasteiger partial charge in [0.25, 0.3) is 5.91 Å². The number of ether oxygens (including phenoxy) is 1. The molecule has 5 aromatic rings. The number of amides is 1. The molecule has 37 heavy (non-hydrogen) atoms. The standard InChI is InChI=1S/C30H22ClN3O3/c1-19(29(35)32-24-14-8-13-23(31)18-24)37-30(36)22-15-16-25-26(17-22)34-28(21-11-6-3-7-12-21)27(33-25)20-9-4-2-5-10-20/h2-19H,1H3,(H,32,35). The van der Waals surface area contributed by atoms with Gasteiger partial charge in [0.05, 0.1) is 28.0 Å². The van der Waals surface area contributed by atoms with Crippen LogP contribution in [-0.4, -0.2) is 27.9 Å². The molecule has 0 aliphatic carbocycles. The molecule has 0 spiro atoms. The number of hydrogen-bond donors (Lipinski definition) is 1. The Morgan fingerprint density at radius 2 is 1.38 bits per heavy atom. The Morgan fingerprint density at radius 1 is 0.757 bits per heavy atom. The summed E-state index contributed by atoms with van der Waals surface area (Å²) in [7, 11) is 0. The fourth-order valence-electron chi connectivity index (χ4n) is 3.87. The van der Waals surface area contributed by atoms with Crippen LogP contribution in [0.5, 0.6) is 0 Å². The van der Waals surface area contributed by atoms with Crippen molar-refractivity contribution in [2.24, 2.45) is 0 Å². The van der Waals surface area contributed by atoms with E-state index in [2.05, 4.69) is 5.32 Å². The molecule has 1 unspecified atom stereocenters. The lowest BCUT2D eigenvalue weighted by atomic mass is 10.0. The number of carbonyl (C=O) groups excluding carboxylic acids is 2. The Balaban J connectivity index is 1.43. The Bertz CT molecular complexity index is 1590. The molecule has 1 N–H and O–H groups in total. The highest BCUT2D eigenvalue weighted by molar-refractivity contribution is 6.30. The second kappa shape index (κ2) is 10.6. The highest BCUT2D eigenvalue weighted by Gasteiger charge is 2.20. The largest absolute Gasteiger partial charge is 0.449 e. The molecule has 1 aromatic heterocycles. The molecular formula is C30H22ClN3O3. The number of nitrogens with zero attached hydrogens (tertiary/aromatic N) is 2. The van der Waals surface area contributed by atoms with Crippen molar-refractivity contribution < 1.29 is 14.3 Å². The van der Waals surface area contributed by atoms with Gasteiger partial charge >= 0.3 is 5.97 Å². The predicted octanol–water partition coefficient (Wildman–Crippen LogP) is 6.80. The van der Waals surface area contributed by atoms with Crippen LogP contribution in [0.15, 0.2) is 103 Å². The van der Waals surface area contributed by atoms with E-state index in [1.54, 1.807) is 42.5 Å². The summed E-state index contributed by atoms with van der Waals surface area (Å²) in [5.41, 5.74) is 5.29. The summed E-state index contributed by atoms with van der Waals surface area (Å²) < 4.78 is 5.43. The first-order valence-electron chi connectivity index (χ1n) is 11.7. The van der Waals surface area contributed by atoms with E-state index in [-0.39, 0.29) is 5.56 Å². The molecular weight excluding hydrogens is 486 g/mol. The average Bonchev–Trinajstić information content (AvgIpc) is 2.93. The number of rotatable bonds is 6. The van der Waals surface area contributed by atoms with Gasteiger partial charge in [-0.25, -0.2) is 14.8 Å². The van der Waals surface area contributed by atoms with Gasteiger partial charge < -0.3 is 10.1 Å². The van der Waals surface area contributed by atoms with Crippen LogP contribution in [0.3, 0.4) is 0 Å². The van der Waals surface area contributed by atoms with Crippen LogP contribution in [0.1, 0.15) is 17.3 Å². The molecule has 6 nitrogen and oxygen atoms in total. The molecule has 0 radical (unpaired) electrons. The van der Waals surface area contributed by atoms with Crippen molar-refractivity contribution in [3.8, 4) is 22.5 Å². The summed E-state index contributed by atoms with van der Waals surface area (Å²) in [6.07, 6.45) is -1.02. The molecule has 0 aliphatic heterocycles. The highest BCUT2D eigenvalue weighted by atomic mass is 35.5. The van der Waals surface area contributed by atoms with Crippen LogP contribution in [0.4, 0.5) is 5.69 Å². The van der Waals surface area contributed by atoms with E-state index < -0.39 is 18.0 Å². The third-order valence-corrected chi connectivity index (χ3v) is 5.97. The molecule has 1 heterocycles. The lowest BCUT2D eigenvalue weighted by molar-refractivity contribution is -0.123. The zero-order valence-corrected chi connectivity index (χ0v) is 20.6. The lowest BCUT2D eigenvalue weighted by Gasteiger charge is -2.14. The first-order chi connectivity index (χ1) is 18.0. The van der Waals surface area contributed by atoms with Gasteiger partial charge in [0, 0.05) is 21.8 Å². The third kappa shape index (κ3) is 5.50. The van der Waals surface area contributed by atoms with Crippen molar-refractivity contribution in [2.45, 2.75) is 13.0 Å². The second-order valence-corrected chi connectivity index (χ2v) is 8.84. The maximum absolute atomic E-state index is 12.9. The van der Waals surface area contributed by atoms with Gasteiger partial charge in [0.1, 0.15) is 0 Å². The molecule has 0 saturated heterocycles. The van der Waals surface area contributed by atoms with E-state index in [9.17, 15) is 9.59 Å². The summed E-state index contributed by atoms with van der Waals surface area (Å²) in [5, 5.41) is 3.18. The van der Waals surface area contributed by atoms with Gasteiger partial charge in [0.2, 0.25) is 0 Å². The van der Waals surface area contributed by atoms with Crippen molar-refractivity contribution in [3.05, 3.63) is 114 Å². The monoisotopic (exact) mass is 507 g/mol. The molecule has 7 heteroatoms. The van der Waals surface area contributed by atoms with Gasteiger partial charge in [-0.3, -0.25) is 4.79 Å². The van der Waals surface area contributed by atoms with Gasteiger partial charge in [-0.1, -0.05) is 78.3 Å². The zero-order valence-electron chi connectivity index (χ0n) is 19.9. The summed E-state index contributed by atoms with van der Waals surface area (Å²) in [5.74, 6) is -1.10. The Labute approximate surface area is 218 Å². The maximum Gasteiger partial charge on any atom is 0.338 e.